The maximum Gasteiger partial charge on any atom is 0.243 e. The first-order valence-corrected chi connectivity index (χ1v) is 15.1. The molecule has 0 unspecified atom stereocenters. The van der Waals surface area contributed by atoms with Gasteiger partial charge in [-0.2, -0.15) is 0 Å². The van der Waals surface area contributed by atoms with E-state index in [0.717, 1.165) is 11.8 Å². The van der Waals surface area contributed by atoms with Crippen LogP contribution in [0.2, 0.25) is 0 Å². The molecule has 0 bridgehead atoms. The van der Waals surface area contributed by atoms with Crippen molar-refractivity contribution in [3.63, 3.8) is 0 Å². The fourth-order valence-electron chi connectivity index (χ4n) is 4.22. The van der Waals surface area contributed by atoms with E-state index in [1.165, 1.54) is 4.31 Å². The summed E-state index contributed by atoms with van der Waals surface area (Å²) in [6, 6.07) is 13.5. The van der Waals surface area contributed by atoms with Crippen LogP contribution in [-0.2, 0) is 26.2 Å². The summed E-state index contributed by atoms with van der Waals surface area (Å²) in [5, 5.41) is 2.99. The normalized spacial score (nSPS) is 12.4. The highest BCUT2D eigenvalue weighted by Gasteiger charge is 2.30. The van der Waals surface area contributed by atoms with Crippen molar-refractivity contribution in [1.29, 1.82) is 0 Å². The highest BCUT2D eigenvalue weighted by molar-refractivity contribution is 7.92. The predicted molar refractivity (Wildman–Crippen MR) is 155 cm³/mol. The third-order valence-corrected chi connectivity index (χ3v) is 7.15. The summed E-state index contributed by atoms with van der Waals surface area (Å²) < 4.78 is 37.2. The second-order valence-corrected chi connectivity index (χ2v) is 12.3. The smallest absolute Gasteiger partial charge is 0.243 e. The van der Waals surface area contributed by atoms with Crippen LogP contribution in [-0.4, -0.2) is 63.2 Å². The van der Waals surface area contributed by atoms with Crippen LogP contribution in [0.15, 0.2) is 48.5 Å². The Labute approximate surface area is 233 Å². The van der Waals surface area contributed by atoms with Crippen molar-refractivity contribution in [2.75, 3.05) is 30.8 Å². The second-order valence-electron chi connectivity index (χ2n) is 10.4. The number of hydrogen-bond acceptors (Lipinski definition) is 6. The zero-order valence-corrected chi connectivity index (χ0v) is 25.0. The van der Waals surface area contributed by atoms with Crippen LogP contribution in [0.1, 0.15) is 59.4 Å². The van der Waals surface area contributed by atoms with Crippen LogP contribution >= 0.6 is 0 Å². The molecule has 0 aromatic heterocycles. The lowest BCUT2D eigenvalue weighted by Gasteiger charge is -2.33. The van der Waals surface area contributed by atoms with E-state index in [4.69, 9.17) is 9.47 Å². The molecular weight excluding hydrogens is 518 g/mol. The molecule has 2 aromatic carbocycles. The number of amides is 2. The van der Waals surface area contributed by atoms with Crippen molar-refractivity contribution < 1.29 is 27.5 Å². The fraction of sp³-hybridized carbons (Fsp3) is 0.517. The van der Waals surface area contributed by atoms with Crippen molar-refractivity contribution >= 4 is 27.5 Å². The van der Waals surface area contributed by atoms with Gasteiger partial charge in [0, 0.05) is 25.0 Å². The molecule has 0 radical (unpaired) electrons. The molecule has 0 saturated heterocycles. The molecule has 0 aliphatic carbocycles. The number of methoxy groups -OCH3 is 1. The molecule has 2 aromatic rings. The number of sulfonamides is 1. The van der Waals surface area contributed by atoms with Gasteiger partial charge in [0.15, 0.2) is 0 Å². The number of benzene rings is 2. The first-order chi connectivity index (χ1) is 18.3. The largest absolute Gasteiger partial charge is 0.497 e. The molecule has 1 N–H and O–H groups in total. The van der Waals surface area contributed by atoms with Gasteiger partial charge in [0.1, 0.15) is 17.5 Å². The Morgan fingerprint density at radius 1 is 1.03 bits per heavy atom. The summed E-state index contributed by atoms with van der Waals surface area (Å²) in [5.74, 6) is 0.853. The zero-order valence-electron chi connectivity index (χ0n) is 24.2. The van der Waals surface area contributed by atoms with Crippen molar-refractivity contribution in [1.82, 2.24) is 10.2 Å². The quantitative estimate of drug-likeness (QED) is 0.367. The Balaban J connectivity index is 2.24. The van der Waals surface area contributed by atoms with Gasteiger partial charge in [0.25, 0.3) is 0 Å². The van der Waals surface area contributed by atoms with Crippen molar-refractivity contribution in [2.45, 2.75) is 72.0 Å². The molecule has 0 aliphatic heterocycles. The third kappa shape index (κ3) is 10.1. The van der Waals surface area contributed by atoms with Gasteiger partial charge in [0.05, 0.1) is 25.7 Å². The van der Waals surface area contributed by atoms with Crippen LogP contribution in [0.5, 0.6) is 11.5 Å². The molecule has 1 atom stereocenters. The number of carbonyl (C=O) groups excluding carboxylic acids is 2. The number of carbonyl (C=O) groups is 2. The topological polar surface area (TPSA) is 105 Å². The van der Waals surface area contributed by atoms with E-state index >= 15 is 0 Å². The Bertz CT molecular complexity index is 1190. The average Bonchev–Trinajstić information content (AvgIpc) is 2.85. The van der Waals surface area contributed by atoms with Crippen molar-refractivity contribution in [3.05, 3.63) is 54.1 Å². The van der Waals surface area contributed by atoms with Crippen LogP contribution in [0.4, 0.5) is 5.69 Å². The monoisotopic (exact) mass is 561 g/mol. The second kappa shape index (κ2) is 14.2. The van der Waals surface area contributed by atoms with Gasteiger partial charge in [0.2, 0.25) is 21.8 Å². The van der Waals surface area contributed by atoms with Gasteiger partial charge in [-0.05, 0) is 82.5 Å². The molecule has 0 saturated carbocycles. The maximum absolute atomic E-state index is 13.6. The first-order valence-electron chi connectivity index (χ1n) is 13.2. The summed E-state index contributed by atoms with van der Waals surface area (Å²) in [6.07, 6.45) is 1.93. The van der Waals surface area contributed by atoms with Gasteiger partial charge < -0.3 is 19.7 Å². The summed E-state index contributed by atoms with van der Waals surface area (Å²) in [6.45, 7) is 10.3. The van der Waals surface area contributed by atoms with E-state index in [1.807, 2.05) is 58.9 Å². The Morgan fingerprint density at radius 2 is 1.69 bits per heavy atom. The highest BCUT2D eigenvalue weighted by atomic mass is 32.2. The number of ether oxygens (including phenoxy) is 2. The number of nitrogens with one attached hydrogen (secondary N) is 1. The third-order valence-electron chi connectivity index (χ3n) is 5.96. The van der Waals surface area contributed by atoms with Gasteiger partial charge in [-0.3, -0.25) is 13.9 Å². The standard InChI is InChI=1S/C29H43N3O6S/c1-8-26(28(34)30-29(3,4)5)31(21-22-12-10-13-25(20-22)37-6)27(33)14-11-19-32(39(7,35)36)23-15-17-24(18-16-23)38-9-2/h10,12-13,15-18,20,26H,8-9,11,14,19,21H2,1-7H3,(H,30,34)/t26-/m1/s1. The SMILES string of the molecule is CCOc1ccc(N(CCCC(=O)N(Cc2cccc(OC)c2)[C@H](CC)C(=O)NC(C)(C)C)S(C)(=O)=O)cc1. The molecule has 39 heavy (non-hydrogen) atoms. The van der Waals surface area contributed by atoms with Crippen molar-refractivity contribution in [3.8, 4) is 11.5 Å². The first kappa shape index (κ1) is 31.9. The lowest BCUT2D eigenvalue weighted by Crippen LogP contribution is -2.53. The number of hydrogen-bond donors (Lipinski definition) is 1. The molecule has 216 valence electrons. The van der Waals surface area contributed by atoms with E-state index in [0.29, 0.717) is 30.2 Å². The molecule has 2 amide bonds. The summed E-state index contributed by atoms with van der Waals surface area (Å²) >= 11 is 0. The van der Waals surface area contributed by atoms with E-state index in [1.54, 1.807) is 36.3 Å². The van der Waals surface area contributed by atoms with Gasteiger partial charge in [-0.1, -0.05) is 19.1 Å². The van der Waals surface area contributed by atoms with E-state index in [-0.39, 0.29) is 37.7 Å². The fourth-order valence-corrected chi connectivity index (χ4v) is 5.18. The lowest BCUT2D eigenvalue weighted by atomic mass is 10.0. The van der Waals surface area contributed by atoms with E-state index < -0.39 is 21.6 Å². The molecule has 0 spiro atoms. The van der Waals surface area contributed by atoms with Crippen LogP contribution < -0.4 is 19.1 Å². The van der Waals surface area contributed by atoms with Gasteiger partial charge in [-0.25, -0.2) is 8.42 Å². The van der Waals surface area contributed by atoms with Crippen LogP contribution in [0.3, 0.4) is 0 Å². The highest BCUT2D eigenvalue weighted by Crippen LogP contribution is 2.23. The van der Waals surface area contributed by atoms with Crippen LogP contribution in [0.25, 0.3) is 0 Å². The predicted octanol–water partition coefficient (Wildman–Crippen LogP) is 4.36. The molecular formula is C29H43N3O6S. The molecule has 2 rings (SSSR count). The summed E-state index contributed by atoms with van der Waals surface area (Å²) in [7, 11) is -2.01. The Morgan fingerprint density at radius 3 is 2.23 bits per heavy atom. The van der Waals surface area contributed by atoms with Crippen LogP contribution in [0, 0.1) is 0 Å². The Kier molecular flexibility index (Phi) is 11.6. The molecule has 10 heteroatoms. The maximum atomic E-state index is 13.6. The minimum Gasteiger partial charge on any atom is -0.497 e. The molecule has 0 heterocycles. The summed E-state index contributed by atoms with van der Waals surface area (Å²) in [4.78, 5) is 28.4. The molecule has 9 nitrogen and oxygen atoms in total. The number of rotatable bonds is 14. The minimum absolute atomic E-state index is 0.0757. The minimum atomic E-state index is -3.58. The molecule has 0 fully saturated rings. The lowest BCUT2D eigenvalue weighted by molar-refractivity contribution is -0.142. The average molecular weight is 562 g/mol. The summed E-state index contributed by atoms with van der Waals surface area (Å²) in [5.41, 5.74) is 0.873. The van der Waals surface area contributed by atoms with E-state index in [2.05, 4.69) is 5.32 Å². The number of anilines is 1. The number of nitrogens with zero attached hydrogens (tertiary/aromatic N) is 2. The van der Waals surface area contributed by atoms with Crippen molar-refractivity contribution in [2.24, 2.45) is 0 Å². The van der Waals surface area contributed by atoms with Gasteiger partial charge >= 0.3 is 0 Å². The van der Waals surface area contributed by atoms with E-state index in [9.17, 15) is 18.0 Å². The molecule has 0 aliphatic rings. The Hall–Kier alpha value is -3.27. The van der Waals surface area contributed by atoms with Gasteiger partial charge in [-0.15, -0.1) is 0 Å². The zero-order chi connectivity index (χ0) is 29.2.